The zero-order valence-corrected chi connectivity index (χ0v) is 13.3. The van der Waals surface area contributed by atoms with Gasteiger partial charge in [0.2, 0.25) is 0 Å². The topological polar surface area (TPSA) is 75.0 Å². The number of nitrogens with zero attached hydrogens (tertiary/aromatic N) is 1. The molecule has 1 aromatic carbocycles. The minimum Gasteiger partial charge on any atom is -0.294 e. The summed E-state index contributed by atoms with van der Waals surface area (Å²) in [6.45, 7) is 0. The van der Waals surface area contributed by atoms with Crippen LogP contribution in [0.1, 0.15) is 47.2 Å². The first-order chi connectivity index (χ1) is 11.1. The molecule has 2 bridgehead atoms. The van der Waals surface area contributed by atoms with Crippen molar-refractivity contribution in [2.24, 2.45) is 5.92 Å². The molecule has 3 rings (SSSR count). The van der Waals surface area contributed by atoms with Gasteiger partial charge in [0.15, 0.2) is 15.6 Å². The number of alkyl halides is 3. The van der Waals surface area contributed by atoms with Crippen molar-refractivity contribution in [3.05, 3.63) is 34.9 Å². The quantitative estimate of drug-likeness (QED) is 0.762. The van der Waals surface area contributed by atoms with Gasteiger partial charge in [-0.2, -0.15) is 18.4 Å². The number of ketones is 1. The molecule has 2 aliphatic heterocycles. The number of hydrogen-bond donors (Lipinski definition) is 0. The Labute approximate surface area is 137 Å². The monoisotopic (exact) mass is 357 g/mol. The number of rotatable bonds is 2. The molecule has 0 saturated carbocycles. The van der Waals surface area contributed by atoms with Crippen LogP contribution in [0.3, 0.4) is 0 Å². The summed E-state index contributed by atoms with van der Waals surface area (Å²) < 4.78 is 62.8. The molecule has 0 spiro atoms. The van der Waals surface area contributed by atoms with Gasteiger partial charge in [0.1, 0.15) is 0 Å². The summed E-state index contributed by atoms with van der Waals surface area (Å²) in [5.74, 6) is -1.22. The van der Waals surface area contributed by atoms with Gasteiger partial charge in [-0.15, -0.1) is 0 Å². The molecule has 1 aromatic rings. The minimum atomic E-state index is -4.61. The number of Topliss-reactive ketones (excluding diaryl/α,β-unsaturated/α-hetero) is 1. The molecule has 2 fully saturated rings. The average Bonchev–Trinajstić information content (AvgIpc) is 2.70. The number of carbonyl (C=O) groups is 1. The highest BCUT2D eigenvalue weighted by molar-refractivity contribution is 7.93. The van der Waals surface area contributed by atoms with E-state index in [-0.39, 0.29) is 24.0 Å². The summed E-state index contributed by atoms with van der Waals surface area (Å²) in [4.78, 5) is 12.7. The van der Waals surface area contributed by atoms with Crippen LogP contribution in [-0.2, 0) is 16.0 Å². The number of fused-ring (bicyclic) bond motifs is 2. The molecule has 2 unspecified atom stereocenters. The molecule has 0 aliphatic carbocycles. The fraction of sp³-hybridized carbons (Fsp3) is 0.500. The molecule has 0 N–H and O–H groups in total. The first-order valence-electron chi connectivity index (χ1n) is 7.53. The van der Waals surface area contributed by atoms with Crippen molar-refractivity contribution in [1.82, 2.24) is 0 Å². The Bertz CT molecular complexity index is 819. The zero-order chi connectivity index (χ0) is 17.7. The van der Waals surface area contributed by atoms with Crippen LogP contribution < -0.4 is 0 Å². The first kappa shape index (κ1) is 17.0. The second kappa shape index (κ2) is 5.59. The van der Waals surface area contributed by atoms with Gasteiger partial charge in [-0.05, 0) is 43.9 Å². The normalized spacial score (nSPS) is 28.3. The van der Waals surface area contributed by atoms with E-state index in [9.17, 15) is 26.4 Å². The SMILES string of the molecule is N#Cc1ccc(C(F)(F)F)cc1C(=O)C1CC2CCC(C1)S2(=O)=O. The fourth-order valence-corrected chi connectivity index (χ4v) is 6.14. The van der Waals surface area contributed by atoms with Crippen molar-refractivity contribution in [2.45, 2.75) is 42.4 Å². The lowest BCUT2D eigenvalue weighted by Gasteiger charge is -2.27. The molecule has 0 amide bonds. The molecule has 0 radical (unpaired) electrons. The van der Waals surface area contributed by atoms with E-state index in [1.165, 1.54) is 0 Å². The number of benzene rings is 1. The number of carbonyl (C=O) groups excluding carboxylic acids is 1. The molecule has 2 atom stereocenters. The predicted molar refractivity (Wildman–Crippen MR) is 78.9 cm³/mol. The van der Waals surface area contributed by atoms with Crippen LogP contribution in [0.2, 0.25) is 0 Å². The van der Waals surface area contributed by atoms with Gasteiger partial charge in [0.25, 0.3) is 0 Å². The Balaban J connectivity index is 1.95. The summed E-state index contributed by atoms with van der Waals surface area (Å²) in [6, 6.07) is 4.20. The van der Waals surface area contributed by atoms with Crippen molar-refractivity contribution in [1.29, 1.82) is 5.26 Å². The first-order valence-corrected chi connectivity index (χ1v) is 9.14. The van der Waals surface area contributed by atoms with Crippen LogP contribution in [0.15, 0.2) is 18.2 Å². The summed E-state index contributed by atoms with van der Waals surface area (Å²) >= 11 is 0. The number of nitriles is 1. The van der Waals surface area contributed by atoms with Crippen molar-refractivity contribution in [2.75, 3.05) is 0 Å². The Morgan fingerprint density at radius 2 is 1.75 bits per heavy atom. The summed E-state index contributed by atoms with van der Waals surface area (Å²) in [6.07, 6.45) is -3.38. The van der Waals surface area contributed by atoms with Crippen LogP contribution >= 0.6 is 0 Å². The Kier molecular flexibility index (Phi) is 3.95. The summed E-state index contributed by atoms with van der Waals surface area (Å²) in [5.41, 5.74) is -1.37. The summed E-state index contributed by atoms with van der Waals surface area (Å²) in [7, 11) is -3.22. The van der Waals surface area contributed by atoms with Gasteiger partial charge < -0.3 is 0 Å². The molecule has 128 valence electrons. The maximum atomic E-state index is 12.9. The van der Waals surface area contributed by atoms with E-state index in [0.29, 0.717) is 18.9 Å². The van der Waals surface area contributed by atoms with E-state index >= 15 is 0 Å². The molecule has 2 heterocycles. The van der Waals surface area contributed by atoms with E-state index in [4.69, 9.17) is 5.26 Å². The van der Waals surface area contributed by atoms with Gasteiger partial charge in [-0.1, -0.05) is 0 Å². The maximum Gasteiger partial charge on any atom is 0.416 e. The Morgan fingerprint density at radius 1 is 1.17 bits per heavy atom. The predicted octanol–water partition coefficient (Wildman–Crippen LogP) is 3.12. The largest absolute Gasteiger partial charge is 0.416 e. The van der Waals surface area contributed by atoms with Crippen LogP contribution in [0.25, 0.3) is 0 Å². The molecule has 0 aromatic heterocycles. The fourth-order valence-electron chi connectivity index (χ4n) is 3.66. The number of hydrogen-bond acceptors (Lipinski definition) is 4. The van der Waals surface area contributed by atoms with Gasteiger partial charge in [-0.3, -0.25) is 4.79 Å². The standard InChI is InChI=1S/C16H14F3NO3S/c17-16(18,19)11-2-1-9(8-20)14(7-11)15(21)10-5-12-3-4-13(6-10)24(12,22)23/h1-2,7,10,12-13H,3-6H2. The van der Waals surface area contributed by atoms with E-state index < -0.39 is 43.8 Å². The van der Waals surface area contributed by atoms with E-state index in [2.05, 4.69) is 0 Å². The van der Waals surface area contributed by atoms with Crippen LogP contribution in [-0.4, -0.2) is 24.7 Å². The van der Waals surface area contributed by atoms with Crippen LogP contribution in [0.5, 0.6) is 0 Å². The highest BCUT2D eigenvalue weighted by atomic mass is 32.2. The molecule has 2 aliphatic rings. The van der Waals surface area contributed by atoms with Gasteiger partial charge in [0.05, 0.1) is 27.7 Å². The molecule has 2 saturated heterocycles. The van der Waals surface area contributed by atoms with Crippen molar-refractivity contribution in [3.8, 4) is 6.07 Å². The third-order valence-electron chi connectivity index (χ3n) is 4.94. The van der Waals surface area contributed by atoms with Gasteiger partial charge in [0, 0.05) is 11.5 Å². The minimum absolute atomic E-state index is 0.117. The second-order valence-corrected chi connectivity index (χ2v) is 8.82. The van der Waals surface area contributed by atoms with E-state index in [0.717, 1.165) is 12.1 Å². The van der Waals surface area contributed by atoms with Crippen LogP contribution in [0.4, 0.5) is 13.2 Å². The maximum absolute atomic E-state index is 12.9. The molecular formula is C16H14F3NO3S. The smallest absolute Gasteiger partial charge is 0.294 e. The molecule has 4 nitrogen and oxygen atoms in total. The highest BCUT2D eigenvalue weighted by Crippen LogP contribution is 2.42. The van der Waals surface area contributed by atoms with E-state index in [1.807, 2.05) is 0 Å². The molecular weight excluding hydrogens is 343 g/mol. The third kappa shape index (κ3) is 2.71. The molecule has 8 heteroatoms. The third-order valence-corrected chi connectivity index (χ3v) is 7.65. The van der Waals surface area contributed by atoms with Crippen molar-refractivity contribution < 1.29 is 26.4 Å². The lowest BCUT2D eigenvalue weighted by Crippen LogP contribution is -2.36. The van der Waals surface area contributed by atoms with Gasteiger partial charge >= 0.3 is 6.18 Å². The Hall–Kier alpha value is -1.88. The van der Waals surface area contributed by atoms with Crippen molar-refractivity contribution in [3.63, 3.8) is 0 Å². The lowest BCUT2D eigenvalue weighted by atomic mass is 9.87. The highest BCUT2D eigenvalue weighted by Gasteiger charge is 2.48. The Morgan fingerprint density at radius 3 is 2.25 bits per heavy atom. The lowest BCUT2D eigenvalue weighted by molar-refractivity contribution is -0.137. The van der Waals surface area contributed by atoms with Gasteiger partial charge in [-0.25, -0.2) is 8.42 Å². The van der Waals surface area contributed by atoms with E-state index in [1.54, 1.807) is 6.07 Å². The average molecular weight is 357 g/mol. The zero-order valence-electron chi connectivity index (χ0n) is 12.5. The second-order valence-electron chi connectivity index (χ2n) is 6.31. The number of halogens is 3. The summed E-state index contributed by atoms with van der Waals surface area (Å²) in [5, 5.41) is 7.89. The van der Waals surface area contributed by atoms with Crippen LogP contribution in [0, 0.1) is 17.2 Å². The molecule has 24 heavy (non-hydrogen) atoms. The van der Waals surface area contributed by atoms with Crippen molar-refractivity contribution >= 4 is 15.6 Å². The number of sulfone groups is 1.